The van der Waals surface area contributed by atoms with Crippen molar-refractivity contribution in [1.82, 2.24) is 5.32 Å². The zero-order chi connectivity index (χ0) is 12.8. The second-order valence-electron chi connectivity index (χ2n) is 3.74. The molecule has 2 atom stereocenters. The molecule has 2 unspecified atom stereocenters. The third kappa shape index (κ3) is 3.64. The molecule has 92 valence electrons. The van der Waals surface area contributed by atoms with Gasteiger partial charge >= 0.3 is 0 Å². The van der Waals surface area contributed by atoms with Gasteiger partial charge in [0.15, 0.2) is 0 Å². The van der Waals surface area contributed by atoms with Crippen LogP contribution in [0, 0.1) is 12.3 Å². The third-order valence-electron chi connectivity index (χ3n) is 2.52. The van der Waals surface area contributed by atoms with E-state index in [2.05, 4.69) is 11.2 Å². The largest absolute Gasteiger partial charge is 0.495 e. The van der Waals surface area contributed by atoms with Gasteiger partial charge in [-0.2, -0.15) is 0 Å². The number of rotatable bonds is 5. The number of ether oxygens (including phenoxy) is 1. The predicted molar refractivity (Wildman–Crippen MR) is 71.2 cm³/mol. The lowest BCUT2D eigenvalue weighted by Gasteiger charge is -2.20. The van der Waals surface area contributed by atoms with E-state index in [4.69, 9.17) is 28.5 Å². The molecule has 0 aliphatic heterocycles. The first-order valence-corrected chi connectivity index (χ1v) is 5.75. The summed E-state index contributed by atoms with van der Waals surface area (Å²) in [5.74, 6) is 3.26. The molecule has 0 radical (unpaired) electrons. The van der Waals surface area contributed by atoms with Crippen molar-refractivity contribution >= 4 is 11.6 Å². The first-order valence-electron chi connectivity index (χ1n) is 5.38. The van der Waals surface area contributed by atoms with E-state index in [1.807, 2.05) is 25.1 Å². The van der Waals surface area contributed by atoms with Crippen LogP contribution in [0.5, 0.6) is 5.75 Å². The standard InChI is InChI=1S/C13H17ClN2O/c1-4-9(2)16-12(8-15)10-5-6-13(17-3)11(14)7-10/h1,5-7,9,12,16H,8,15H2,2-3H3. The van der Waals surface area contributed by atoms with Crippen molar-refractivity contribution in [2.45, 2.75) is 19.0 Å². The molecule has 0 saturated heterocycles. The number of terminal acetylenes is 1. The van der Waals surface area contributed by atoms with Crippen LogP contribution in [0.15, 0.2) is 18.2 Å². The quantitative estimate of drug-likeness (QED) is 0.788. The molecule has 4 heteroatoms. The number of benzene rings is 1. The molecule has 0 saturated carbocycles. The summed E-state index contributed by atoms with van der Waals surface area (Å²) in [6.45, 7) is 2.36. The summed E-state index contributed by atoms with van der Waals surface area (Å²) in [6, 6.07) is 5.55. The molecule has 0 aliphatic carbocycles. The minimum absolute atomic E-state index is 0.00976. The van der Waals surface area contributed by atoms with Crippen LogP contribution in [0.2, 0.25) is 5.02 Å². The van der Waals surface area contributed by atoms with Gasteiger partial charge in [-0.1, -0.05) is 23.6 Å². The molecule has 0 aromatic heterocycles. The highest BCUT2D eigenvalue weighted by atomic mass is 35.5. The summed E-state index contributed by atoms with van der Waals surface area (Å²) in [4.78, 5) is 0. The molecule has 0 amide bonds. The lowest BCUT2D eigenvalue weighted by atomic mass is 10.1. The maximum Gasteiger partial charge on any atom is 0.137 e. The molecule has 3 nitrogen and oxygen atoms in total. The highest BCUT2D eigenvalue weighted by molar-refractivity contribution is 6.32. The summed E-state index contributed by atoms with van der Waals surface area (Å²) in [5.41, 5.74) is 6.72. The highest BCUT2D eigenvalue weighted by Crippen LogP contribution is 2.27. The Bertz CT molecular complexity index is 414. The van der Waals surface area contributed by atoms with Gasteiger partial charge in [-0.3, -0.25) is 5.32 Å². The zero-order valence-electron chi connectivity index (χ0n) is 10.0. The molecular weight excluding hydrogens is 236 g/mol. The molecule has 3 N–H and O–H groups in total. The molecule has 17 heavy (non-hydrogen) atoms. The van der Waals surface area contributed by atoms with Crippen LogP contribution in [0.1, 0.15) is 18.5 Å². The minimum Gasteiger partial charge on any atom is -0.495 e. The fourth-order valence-electron chi connectivity index (χ4n) is 1.55. The number of hydrogen-bond acceptors (Lipinski definition) is 3. The molecule has 1 aromatic rings. The van der Waals surface area contributed by atoms with E-state index < -0.39 is 0 Å². The zero-order valence-corrected chi connectivity index (χ0v) is 10.8. The van der Waals surface area contributed by atoms with Crippen molar-refractivity contribution < 1.29 is 4.74 Å². The average molecular weight is 253 g/mol. The Labute approximate surface area is 107 Å². The number of methoxy groups -OCH3 is 1. The summed E-state index contributed by atoms with van der Waals surface area (Å²) in [5, 5.41) is 3.80. The Morgan fingerprint density at radius 3 is 2.76 bits per heavy atom. The van der Waals surface area contributed by atoms with Crippen molar-refractivity contribution in [2.75, 3.05) is 13.7 Å². The third-order valence-corrected chi connectivity index (χ3v) is 2.81. The molecule has 0 fully saturated rings. The summed E-state index contributed by atoms with van der Waals surface area (Å²) >= 11 is 6.07. The van der Waals surface area contributed by atoms with E-state index in [0.29, 0.717) is 17.3 Å². The van der Waals surface area contributed by atoms with Crippen molar-refractivity contribution in [1.29, 1.82) is 0 Å². The SMILES string of the molecule is C#CC(C)NC(CN)c1ccc(OC)c(Cl)c1. The Kier molecular flexibility index (Phi) is 5.30. The van der Waals surface area contributed by atoms with Crippen LogP contribution >= 0.6 is 11.6 Å². The summed E-state index contributed by atoms with van der Waals surface area (Å²) in [6.07, 6.45) is 5.33. The molecule has 0 heterocycles. The second kappa shape index (κ2) is 6.51. The summed E-state index contributed by atoms with van der Waals surface area (Å²) in [7, 11) is 1.58. The molecule has 0 spiro atoms. The van der Waals surface area contributed by atoms with Crippen LogP contribution in [0.4, 0.5) is 0 Å². The molecular formula is C13H17ClN2O. The Hall–Kier alpha value is -1.21. The maximum absolute atomic E-state index is 6.07. The predicted octanol–water partition coefficient (Wildman–Crippen LogP) is 1.96. The Balaban J connectivity index is 2.89. The van der Waals surface area contributed by atoms with E-state index in [1.165, 1.54) is 0 Å². The van der Waals surface area contributed by atoms with E-state index in [9.17, 15) is 0 Å². The minimum atomic E-state index is -0.0376. The van der Waals surface area contributed by atoms with Gasteiger partial charge in [-0.25, -0.2) is 0 Å². The van der Waals surface area contributed by atoms with Crippen LogP contribution in [0.3, 0.4) is 0 Å². The highest BCUT2D eigenvalue weighted by Gasteiger charge is 2.13. The van der Waals surface area contributed by atoms with Crippen LogP contribution in [-0.4, -0.2) is 19.7 Å². The first-order chi connectivity index (χ1) is 8.12. The van der Waals surface area contributed by atoms with Gasteiger partial charge in [0.1, 0.15) is 5.75 Å². The van der Waals surface area contributed by atoms with E-state index >= 15 is 0 Å². The smallest absolute Gasteiger partial charge is 0.137 e. The lowest BCUT2D eigenvalue weighted by molar-refractivity contribution is 0.414. The summed E-state index contributed by atoms with van der Waals surface area (Å²) < 4.78 is 5.10. The number of nitrogens with two attached hydrogens (primary N) is 1. The number of halogens is 1. The average Bonchev–Trinajstić information content (AvgIpc) is 2.35. The van der Waals surface area contributed by atoms with Gasteiger partial charge in [0.05, 0.1) is 18.2 Å². The van der Waals surface area contributed by atoms with Gasteiger partial charge in [-0.15, -0.1) is 6.42 Å². The first kappa shape index (κ1) is 13.9. The molecule has 0 aliphatic rings. The maximum atomic E-state index is 6.07. The van der Waals surface area contributed by atoms with Crippen molar-refractivity contribution in [3.8, 4) is 18.1 Å². The van der Waals surface area contributed by atoms with Gasteiger partial charge < -0.3 is 10.5 Å². The van der Waals surface area contributed by atoms with Crippen LogP contribution < -0.4 is 15.8 Å². The van der Waals surface area contributed by atoms with Gasteiger partial charge in [0, 0.05) is 12.6 Å². The van der Waals surface area contributed by atoms with Crippen molar-refractivity contribution in [3.05, 3.63) is 28.8 Å². The fourth-order valence-corrected chi connectivity index (χ4v) is 1.82. The van der Waals surface area contributed by atoms with Crippen LogP contribution in [-0.2, 0) is 0 Å². The van der Waals surface area contributed by atoms with E-state index in [0.717, 1.165) is 5.56 Å². The normalized spacial score (nSPS) is 13.8. The fraction of sp³-hybridized carbons (Fsp3) is 0.385. The molecule has 0 bridgehead atoms. The lowest BCUT2D eigenvalue weighted by Crippen LogP contribution is -2.34. The number of hydrogen-bond donors (Lipinski definition) is 2. The van der Waals surface area contributed by atoms with Gasteiger partial charge in [-0.05, 0) is 24.6 Å². The Morgan fingerprint density at radius 1 is 1.59 bits per heavy atom. The van der Waals surface area contributed by atoms with Gasteiger partial charge in [0.25, 0.3) is 0 Å². The van der Waals surface area contributed by atoms with E-state index in [1.54, 1.807) is 7.11 Å². The van der Waals surface area contributed by atoms with Crippen molar-refractivity contribution in [3.63, 3.8) is 0 Å². The molecule has 1 rings (SSSR count). The monoisotopic (exact) mass is 252 g/mol. The number of nitrogens with one attached hydrogen (secondary N) is 1. The van der Waals surface area contributed by atoms with Gasteiger partial charge in [0.2, 0.25) is 0 Å². The van der Waals surface area contributed by atoms with E-state index in [-0.39, 0.29) is 12.1 Å². The second-order valence-corrected chi connectivity index (χ2v) is 4.14. The molecule has 1 aromatic carbocycles. The van der Waals surface area contributed by atoms with Crippen molar-refractivity contribution in [2.24, 2.45) is 5.73 Å². The topological polar surface area (TPSA) is 47.3 Å². The Morgan fingerprint density at radius 2 is 2.29 bits per heavy atom. The van der Waals surface area contributed by atoms with Crippen LogP contribution in [0.25, 0.3) is 0 Å².